The van der Waals surface area contributed by atoms with Crippen molar-refractivity contribution in [1.29, 1.82) is 5.41 Å². The highest BCUT2D eigenvalue weighted by Crippen LogP contribution is 2.05. The zero-order valence-electron chi connectivity index (χ0n) is 5.88. The molecule has 1 saturated heterocycles. The number of nitrogens with zero attached hydrogens (tertiary/aromatic N) is 2. The van der Waals surface area contributed by atoms with E-state index in [1.165, 1.54) is 12.8 Å². The summed E-state index contributed by atoms with van der Waals surface area (Å²) >= 11 is 0. The number of nitrogens with two attached hydrogens (primary N) is 1. The lowest BCUT2D eigenvalue weighted by Crippen LogP contribution is -2.34. The van der Waals surface area contributed by atoms with Crippen LogP contribution in [0.5, 0.6) is 0 Å². The summed E-state index contributed by atoms with van der Waals surface area (Å²) in [5.41, 5.74) is 5.51. The average Bonchev–Trinajstić information content (AvgIpc) is 2.38. The highest BCUT2D eigenvalue weighted by Gasteiger charge is 2.12. The van der Waals surface area contributed by atoms with Crippen molar-refractivity contribution in [3.8, 4) is 0 Å². The molecular weight excluding hydrogens is 128 g/mol. The van der Waals surface area contributed by atoms with E-state index in [0.717, 1.165) is 19.4 Å². The van der Waals surface area contributed by atoms with Crippen LogP contribution >= 0.6 is 0 Å². The summed E-state index contributed by atoms with van der Waals surface area (Å²) in [5, 5.41) is 6.68. The summed E-state index contributed by atoms with van der Waals surface area (Å²) < 4.78 is 0. The lowest BCUT2D eigenvalue weighted by molar-refractivity contribution is 0.514. The summed E-state index contributed by atoms with van der Waals surface area (Å²) in [6, 6.07) is 0. The van der Waals surface area contributed by atoms with E-state index in [4.69, 9.17) is 11.1 Å². The molecule has 0 aromatic carbocycles. The molecule has 4 nitrogen and oxygen atoms in total. The van der Waals surface area contributed by atoms with Crippen LogP contribution in [-0.2, 0) is 0 Å². The van der Waals surface area contributed by atoms with Crippen LogP contribution in [0.3, 0.4) is 0 Å². The Labute approximate surface area is 60.2 Å². The van der Waals surface area contributed by atoms with Gasteiger partial charge in [0.15, 0.2) is 5.96 Å². The minimum atomic E-state index is 0.479. The molecular formula is C6H12N4. The molecule has 0 aromatic heterocycles. The zero-order chi connectivity index (χ0) is 7.40. The van der Waals surface area contributed by atoms with Gasteiger partial charge in [0.05, 0.1) is 0 Å². The largest absolute Gasteiger partial charge is 0.369 e. The quantitative estimate of drug-likeness (QED) is 0.398. The first-order chi connectivity index (χ1) is 4.84. The van der Waals surface area contributed by atoms with Gasteiger partial charge in [-0.2, -0.15) is 0 Å². The first-order valence-electron chi connectivity index (χ1n) is 3.42. The molecule has 0 radical (unpaired) electrons. The van der Waals surface area contributed by atoms with Crippen molar-refractivity contribution in [2.24, 2.45) is 10.7 Å². The van der Waals surface area contributed by atoms with E-state index >= 15 is 0 Å². The fraction of sp³-hybridized carbons (Fsp3) is 0.667. The van der Waals surface area contributed by atoms with Crippen LogP contribution in [0, 0.1) is 5.41 Å². The van der Waals surface area contributed by atoms with Crippen molar-refractivity contribution < 1.29 is 0 Å². The molecule has 1 rings (SSSR count). The third kappa shape index (κ3) is 1.46. The molecule has 1 aliphatic heterocycles. The van der Waals surface area contributed by atoms with Crippen LogP contribution in [0.4, 0.5) is 0 Å². The second-order valence-electron chi connectivity index (χ2n) is 2.31. The van der Waals surface area contributed by atoms with Crippen molar-refractivity contribution in [1.82, 2.24) is 4.90 Å². The van der Waals surface area contributed by atoms with E-state index in [2.05, 4.69) is 4.99 Å². The van der Waals surface area contributed by atoms with Gasteiger partial charge < -0.3 is 10.6 Å². The van der Waals surface area contributed by atoms with Crippen LogP contribution in [0.25, 0.3) is 0 Å². The molecule has 0 saturated carbocycles. The summed E-state index contributed by atoms with van der Waals surface area (Å²) in [6.07, 6.45) is 3.36. The summed E-state index contributed by atoms with van der Waals surface area (Å²) in [6.45, 7) is 1.98. The fourth-order valence-corrected chi connectivity index (χ4v) is 1.09. The molecule has 0 aromatic rings. The van der Waals surface area contributed by atoms with Gasteiger partial charge in [0.25, 0.3) is 0 Å². The number of guanidine groups is 1. The molecule has 0 amide bonds. The van der Waals surface area contributed by atoms with Crippen LogP contribution in [0.15, 0.2) is 4.99 Å². The SMILES string of the molecule is N=CN=C(N)N1CCCC1. The van der Waals surface area contributed by atoms with E-state index in [-0.39, 0.29) is 0 Å². The second kappa shape index (κ2) is 3.20. The molecule has 4 heteroatoms. The van der Waals surface area contributed by atoms with Crippen molar-refractivity contribution in [2.75, 3.05) is 13.1 Å². The van der Waals surface area contributed by atoms with Gasteiger partial charge in [0, 0.05) is 13.1 Å². The molecule has 1 fully saturated rings. The predicted molar refractivity (Wildman–Crippen MR) is 41.2 cm³/mol. The maximum absolute atomic E-state index is 6.68. The van der Waals surface area contributed by atoms with Crippen LogP contribution in [-0.4, -0.2) is 30.3 Å². The smallest absolute Gasteiger partial charge is 0.197 e. The van der Waals surface area contributed by atoms with Gasteiger partial charge in [-0.1, -0.05) is 0 Å². The number of nitrogens with one attached hydrogen (secondary N) is 1. The van der Waals surface area contributed by atoms with Crippen LogP contribution in [0.1, 0.15) is 12.8 Å². The average molecular weight is 140 g/mol. The minimum absolute atomic E-state index is 0.479. The third-order valence-electron chi connectivity index (χ3n) is 1.63. The van der Waals surface area contributed by atoms with E-state index in [9.17, 15) is 0 Å². The molecule has 1 heterocycles. The van der Waals surface area contributed by atoms with E-state index in [0.29, 0.717) is 5.96 Å². The number of aliphatic imine (C=N–C) groups is 1. The molecule has 0 spiro atoms. The van der Waals surface area contributed by atoms with Crippen molar-refractivity contribution in [2.45, 2.75) is 12.8 Å². The molecule has 0 unspecified atom stereocenters. The topological polar surface area (TPSA) is 65.5 Å². The first-order valence-corrected chi connectivity index (χ1v) is 3.42. The Morgan fingerprint density at radius 2 is 2.10 bits per heavy atom. The van der Waals surface area contributed by atoms with E-state index in [1.54, 1.807) is 0 Å². The zero-order valence-corrected chi connectivity index (χ0v) is 5.88. The van der Waals surface area contributed by atoms with Crippen molar-refractivity contribution >= 4 is 12.3 Å². The van der Waals surface area contributed by atoms with Gasteiger partial charge in [0.1, 0.15) is 6.34 Å². The Morgan fingerprint density at radius 3 is 2.60 bits per heavy atom. The number of rotatable bonds is 1. The molecule has 10 heavy (non-hydrogen) atoms. The van der Waals surface area contributed by atoms with Crippen molar-refractivity contribution in [3.63, 3.8) is 0 Å². The van der Waals surface area contributed by atoms with Crippen molar-refractivity contribution in [3.05, 3.63) is 0 Å². The predicted octanol–water partition coefficient (Wildman–Crippen LogP) is 0.00397. The number of hydrogen-bond acceptors (Lipinski definition) is 1. The van der Waals surface area contributed by atoms with Crippen LogP contribution in [0.2, 0.25) is 0 Å². The third-order valence-corrected chi connectivity index (χ3v) is 1.63. The lowest BCUT2D eigenvalue weighted by atomic mass is 10.4. The van der Waals surface area contributed by atoms with Gasteiger partial charge in [-0.05, 0) is 12.8 Å². The Balaban J connectivity index is 2.46. The Morgan fingerprint density at radius 1 is 1.50 bits per heavy atom. The summed E-state index contributed by atoms with van der Waals surface area (Å²) in [7, 11) is 0. The Hall–Kier alpha value is -1.06. The summed E-state index contributed by atoms with van der Waals surface area (Å²) in [4.78, 5) is 5.66. The summed E-state index contributed by atoms with van der Waals surface area (Å²) in [5.74, 6) is 0.479. The Bertz CT molecular complexity index is 146. The van der Waals surface area contributed by atoms with Crippen LogP contribution < -0.4 is 5.73 Å². The highest BCUT2D eigenvalue weighted by atomic mass is 15.3. The highest BCUT2D eigenvalue weighted by molar-refractivity contribution is 5.84. The number of likely N-dealkylation sites (tertiary alicyclic amines) is 1. The fourth-order valence-electron chi connectivity index (χ4n) is 1.09. The van der Waals surface area contributed by atoms with Gasteiger partial charge in [-0.25, -0.2) is 4.99 Å². The molecule has 1 aliphatic rings. The number of hydrogen-bond donors (Lipinski definition) is 2. The molecule has 0 atom stereocenters. The monoisotopic (exact) mass is 140 g/mol. The molecule has 3 N–H and O–H groups in total. The maximum Gasteiger partial charge on any atom is 0.197 e. The molecule has 0 bridgehead atoms. The molecule has 0 aliphatic carbocycles. The first kappa shape index (κ1) is 7.05. The normalized spacial score (nSPS) is 19.6. The Kier molecular flexibility index (Phi) is 2.25. The van der Waals surface area contributed by atoms with Gasteiger partial charge in [-0.3, -0.25) is 5.41 Å². The van der Waals surface area contributed by atoms with Gasteiger partial charge >= 0.3 is 0 Å². The standard InChI is InChI=1S/C6H12N4/c7-5-9-6(8)10-3-1-2-4-10/h5H,1-4H2,(H3,7,8,9). The minimum Gasteiger partial charge on any atom is -0.369 e. The lowest BCUT2D eigenvalue weighted by Gasteiger charge is -2.14. The molecule has 56 valence electrons. The van der Waals surface area contributed by atoms with E-state index < -0.39 is 0 Å². The second-order valence-corrected chi connectivity index (χ2v) is 2.31. The maximum atomic E-state index is 6.68. The van der Waals surface area contributed by atoms with Gasteiger partial charge in [0.2, 0.25) is 0 Å². The van der Waals surface area contributed by atoms with E-state index in [1.807, 2.05) is 4.90 Å². The van der Waals surface area contributed by atoms with Gasteiger partial charge in [-0.15, -0.1) is 0 Å².